The van der Waals surface area contributed by atoms with Crippen LogP contribution in [0.3, 0.4) is 0 Å². The van der Waals surface area contributed by atoms with Gasteiger partial charge in [0.1, 0.15) is 0 Å². The summed E-state index contributed by atoms with van der Waals surface area (Å²) < 4.78 is 5.23. The molecule has 0 saturated heterocycles. The van der Waals surface area contributed by atoms with E-state index in [1.54, 1.807) is 7.11 Å². The molecule has 0 aromatic heterocycles. The summed E-state index contributed by atoms with van der Waals surface area (Å²) >= 11 is 0. The smallest absolute Gasteiger partial charge is 0.0716 e. The zero-order valence-corrected chi connectivity index (χ0v) is 13.5. The van der Waals surface area contributed by atoms with Crippen molar-refractivity contribution < 1.29 is 4.74 Å². The van der Waals surface area contributed by atoms with Gasteiger partial charge in [-0.2, -0.15) is 0 Å². The third kappa shape index (κ3) is 7.66. The molecule has 0 aliphatic heterocycles. The third-order valence-electron chi connectivity index (χ3n) is 3.62. The predicted octanol–water partition coefficient (Wildman–Crippen LogP) is 4.53. The molecule has 0 fully saturated rings. The van der Waals surface area contributed by atoms with Gasteiger partial charge in [0.25, 0.3) is 0 Å². The Bertz CT molecular complexity index is 349. The molecule has 0 saturated carbocycles. The predicted molar refractivity (Wildman–Crippen MR) is 86.8 cm³/mol. The van der Waals surface area contributed by atoms with Crippen molar-refractivity contribution in [2.45, 2.75) is 59.1 Å². The van der Waals surface area contributed by atoms with E-state index in [-0.39, 0.29) is 0 Å². The average molecular weight is 277 g/mol. The molecule has 1 aromatic carbocycles. The zero-order valence-electron chi connectivity index (χ0n) is 13.5. The lowest BCUT2D eigenvalue weighted by Gasteiger charge is -2.10. The molecule has 2 nitrogen and oxygen atoms in total. The lowest BCUT2D eigenvalue weighted by atomic mass is 10.0. The summed E-state index contributed by atoms with van der Waals surface area (Å²) in [4.78, 5) is 0. The van der Waals surface area contributed by atoms with Crippen LogP contribution >= 0.6 is 0 Å². The Hall–Kier alpha value is -0.860. The molecule has 114 valence electrons. The van der Waals surface area contributed by atoms with Crippen LogP contribution in [0.25, 0.3) is 0 Å². The van der Waals surface area contributed by atoms with E-state index in [0.29, 0.717) is 6.61 Å². The Morgan fingerprint density at radius 1 is 1.00 bits per heavy atom. The Balaban J connectivity index is 2.09. The molecule has 0 unspecified atom stereocenters. The van der Waals surface area contributed by atoms with E-state index < -0.39 is 0 Å². The Kier molecular flexibility index (Phi) is 9.35. The first-order chi connectivity index (χ1) is 9.74. The van der Waals surface area contributed by atoms with Crippen molar-refractivity contribution in [2.75, 3.05) is 13.7 Å². The van der Waals surface area contributed by atoms with Crippen molar-refractivity contribution in [2.24, 2.45) is 5.92 Å². The minimum atomic E-state index is 0.701. The fourth-order valence-corrected chi connectivity index (χ4v) is 2.41. The number of ether oxygens (including phenoxy) is 1. The minimum absolute atomic E-state index is 0.701. The van der Waals surface area contributed by atoms with Crippen LogP contribution < -0.4 is 5.32 Å². The van der Waals surface area contributed by atoms with Crippen LogP contribution in [0.5, 0.6) is 0 Å². The van der Waals surface area contributed by atoms with E-state index in [0.717, 1.165) is 19.0 Å². The van der Waals surface area contributed by atoms with Gasteiger partial charge in [0.15, 0.2) is 0 Å². The van der Waals surface area contributed by atoms with Crippen LogP contribution in [0.2, 0.25) is 0 Å². The van der Waals surface area contributed by atoms with Crippen LogP contribution in [0.4, 0.5) is 0 Å². The molecule has 0 radical (unpaired) electrons. The Morgan fingerprint density at radius 3 is 2.40 bits per heavy atom. The van der Waals surface area contributed by atoms with E-state index in [9.17, 15) is 0 Å². The van der Waals surface area contributed by atoms with E-state index >= 15 is 0 Å². The first kappa shape index (κ1) is 17.2. The maximum atomic E-state index is 5.23. The van der Waals surface area contributed by atoms with Gasteiger partial charge >= 0.3 is 0 Å². The van der Waals surface area contributed by atoms with Crippen molar-refractivity contribution >= 4 is 0 Å². The molecular weight excluding hydrogens is 246 g/mol. The summed E-state index contributed by atoms with van der Waals surface area (Å²) in [7, 11) is 1.75. The van der Waals surface area contributed by atoms with Crippen molar-refractivity contribution in [3.05, 3.63) is 35.4 Å². The molecule has 1 rings (SSSR count). The Labute approximate surface area is 124 Å². The van der Waals surface area contributed by atoms with Gasteiger partial charge in [-0.15, -0.1) is 0 Å². The SMILES string of the molecule is COCc1ccccc1CNCCCCCCC(C)C. The van der Waals surface area contributed by atoms with E-state index in [4.69, 9.17) is 4.74 Å². The number of benzene rings is 1. The lowest BCUT2D eigenvalue weighted by Crippen LogP contribution is -2.16. The molecule has 0 atom stereocenters. The summed E-state index contributed by atoms with van der Waals surface area (Å²) in [5.74, 6) is 0.852. The number of methoxy groups -OCH3 is 1. The molecule has 0 amide bonds. The number of hydrogen-bond donors (Lipinski definition) is 1. The summed E-state index contributed by atoms with van der Waals surface area (Å²) in [6, 6.07) is 8.51. The van der Waals surface area contributed by atoms with Gasteiger partial charge in [-0.25, -0.2) is 0 Å². The molecule has 2 heteroatoms. The molecule has 0 bridgehead atoms. The first-order valence-electron chi connectivity index (χ1n) is 8.00. The van der Waals surface area contributed by atoms with Crippen molar-refractivity contribution in [3.8, 4) is 0 Å². The van der Waals surface area contributed by atoms with Crippen LogP contribution in [0, 0.1) is 5.92 Å². The van der Waals surface area contributed by atoms with E-state index in [1.807, 2.05) is 0 Å². The van der Waals surface area contributed by atoms with Gasteiger partial charge < -0.3 is 10.1 Å². The van der Waals surface area contributed by atoms with E-state index in [1.165, 1.54) is 43.2 Å². The molecule has 1 N–H and O–H groups in total. The van der Waals surface area contributed by atoms with Gasteiger partial charge in [0, 0.05) is 13.7 Å². The molecule has 1 aromatic rings. The van der Waals surface area contributed by atoms with Crippen LogP contribution in [-0.4, -0.2) is 13.7 Å². The maximum Gasteiger partial charge on any atom is 0.0716 e. The maximum absolute atomic E-state index is 5.23. The zero-order chi connectivity index (χ0) is 14.6. The largest absolute Gasteiger partial charge is 0.380 e. The topological polar surface area (TPSA) is 21.3 Å². The van der Waals surface area contributed by atoms with Crippen molar-refractivity contribution in [3.63, 3.8) is 0 Å². The summed E-state index contributed by atoms with van der Waals surface area (Å²) in [5, 5.41) is 3.54. The highest BCUT2D eigenvalue weighted by Crippen LogP contribution is 2.11. The molecule has 0 aliphatic rings. The monoisotopic (exact) mass is 277 g/mol. The van der Waals surface area contributed by atoms with Crippen LogP contribution in [-0.2, 0) is 17.9 Å². The second-order valence-electron chi connectivity index (χ2n) is 5.98. The summed E-state index contributed by atoms with van der Waals surface area (Å²) in [6.45, 7) is 7.37. The number of hydrogen-bond acceptors (Lipinski definition) is 2. The molecule has 0 heterocycles. The second-order valence-corrected chi connectivity index (χ2v) is 5.98. The minimum Gasteiger partial charge on any atom is -0.380 e. The summed E-state index contributed by atoms with van der Waals surface area (Å²) in [5.41, 5.74) is 2.65. The van der Waals surface area contributed by atoms with Gasteiger partial charge in [-0.05, 0) is 30.0 Å². The Morgan fingerprint density at radius 2 is 1.70 bits per heavy atom. The number of rotatable bonds is 11. The second kappa shape index (κ2) is 10.9. The highest BCUT2D eigenvalue weighted by atomic mass is 16.5. The average Bonchev–Trinajstić information content (AvgIpc) is 2.43. The van der Waals surface area contributed by atoms with Gasteiger partial charge in [0.2, 0.25) is 0 Å². The molecular formula is C18H31NO. The molecule has 0 spiro atoms. The summed E-state index contributed by atoms with van der Waals surface area (Å²) in [6.07, 6.45) is 6.76. The molecule has 0 aliphatic carbocycles. The van der Waals surface area contributed by atoms with Crippen LogP contribution in [0.1, 0.15) is 57.1 Å². The van der Waals surface area contributed by atoms with Crippen molar-refractivity contribution in [1.82, 2.24) is 5.32 Å². The van der Waals surface area contributed by atoms with Crippen molar-refractivity contribution in [1.29, 1.82) is 0 Å². The number of nitrogens with one attached hydrogen (secondary N) is 1. The molecule has 20 heavy (non-hydrogen) atoms. The highest BCUT2D eigenvalue weighted by Gasteiger charge is 2.00. The fourth-order valence-electron chi connectivity index (χ4n) is 2.41. The van der Waals surface area contributed by atoms with Crippen LogP contribution in [0.15, 0.2) is 24.3 Å². The van der Waals surface area contributed by atoms with Gasteiger partial charge in [-0.3, -0.25) is 0 Å². The fraction of sp³-hybridized carbons (Fsp3) is 0.667. The van der Waals surface area contributed by atoms with Gasteiger partial charge in [-0.1, -0.05) is 63.8 Å². The highest BCUT2D eigenvalue weighted by molar-refractivity contribution is 5.26. The van der Waals surface area contributed by atoms with Gasteiger partial charge in [0.05, 0.1) is 6.61 Å². The number of unbranched alkanes of at least 4 members (excludes halogenated alkanes) is 3. The first-order valence-corrected chi connectivity index (χ1v) is 8.00. The lowest BCUT2D eigenvalue weighted by molar-refractivity contribution is 0.184. The third-order valence-corrected chi connectivity index (χ3v) is 3.62. The quantitative estimate of drug-likeness (QED) is 0.600. The normalized spacial score (nSPS) is 11.2. The standard InChI is InChI=1S/C18H31NO/c1-16(2)10-6-4-5-9-13-19-14-17-11-7-8-12-18(17)15-20-3/h7-8,11-12,16,19H,4-6,9-10,13-15H2,1-3H3. The van der Waals surface area contributed by atoms with E-state index in [2.05, 4.69) is 43.4 Å².